The Bertz CT molecular complexity index is 951. The molecule has 0 aliphatic heterocycles. The Kier molecular flexibility index (Phi) is 6.10. The Morgan fingerprint density at radius 1 is 1.15 bits per heavy atom. The lowest BCUT2D eigenvalue weighted by atomic mass is 10.1. The Morgan fingerprint density at radius 3 is 2.50 bits per heavy atom. The second-order valence-electron chi connectivity index (χ2n) is 5.60. The summed E-state index contributed by atoms with van der Waals surface area (Å²) in [7, 11) is 0.302. The number of hydrogen-bond donors (Lipinski definition) is 0. The molecule has 0 heterocycles. The van der Waals surface area contributed by atoms with Gasteiger partial charge in [-0.15, -0.1) is 0 Å². The lowest BCUT2D eigenvalue weighted by molar-refractivity contribution is -0.0258. The summed E-state index contributed by atoms with van der Waals surface area (Å²) in [6.45, 7) is 0.295. The molecule has 8 heteroatoms. The quantitative estimate of drug-likeness (QED) is 0.723. The number of hydrogen-bond acceptors (Lipinski definition) is 5. The molecule has 0 saturated carbocycles. The van der Waals surface area contributed by atoms with E-state index in [0.29, 0.717) is 12.1 Å². The highest BCUT2D eigenvalue weighted by Gasteiger charge is 2.22. The zero-order chi connectivity index (χ0) is 19.3. The van der Waals surface area contributed by atoms with Crippen LogP contribution in [0.3, 0.4) is 0 Å². The molecule has 2 aromatic carbocycles. The summed E-state index contributed by atoms with van der Waals surface area (Å²) in [6.07, 6.45) is 0. The van der Waals surface area contributed by atoms with Crippen molar-refractivity contribution in [2.45, 2.75) is 11.4 Å². The summed E-state index contributed by atoms with van der Waals surface area (Å²) in [6, 6.07) is 14.8. The molecule has 0 aliphatic rings. The molecule has 0 aromatic heterocycles. The molecule has 26 heavy (non-hydrogen) atoms. The number of amides is 1. The van der Waals surface area contributed by atoms with Crippen LogP contribution < -0.4 is 0 Å². The Labute approximate surface area is 153 Å². The standard InChI is InChI=1S/C18H19N3O4S/c1-20(13-15-7-4-6-14(10-15)12-19)18(22)16-8-5-9-17(11-16)26(23,24)21(2)25-3/h4-11H,13H2,1-3H3. The average Bonchev–Trinajstić information content (AvgIpc) is 2.66. The van der Waals surface area contributed by atoms with Crippen molar-refractivity contribution in [2.24, 2.45) is 0 Å². The second-order valence-corrected chi connectivity index (χ2v) is 7.53. The average molecular weight is 373 g/mol. The van der Waals surface area contributed by atoms with Crippen LogP contribution in [0.2, 0.25) is 0 Å². The summed E-state index contributed by atoms with van der Waals surface area (Å²) in [5, 5.41) is 8.95. The number of carbonyl (C=O) groups is 1. The molecule has 0 spiro atoms. The molecule has 0 saturated heterocycles. The maximum absolute atomic E-state index is 12.6. The fraction of sp³-hybridized carbons (Fsp3) is 0.222. The number of carbonyl (C=O) groups excluding carboxylic acids is 1. The van der Waals surface area contributed by atoms with Crippen LogP contribution in [0, 0.1) is 11.3 Å². The predicted molar refractivity (Wildman–Crippen MR) is 95.4 cm³/mol. The maximum Gasteiger partial charge on any atom is 0.264 e. The Balaban J connectivity index is 2.24. The van der Waals surface area contributed by atoms with Gasteiger partial charge in [-0.3, -0.25) is 9.63 Å². The molecular weight excluding hydrogens is 354 g/mol. The normalized spacial score (nSPS) is 11.2. The van der Waals surface area contributed by atoms with Crippen LogP contribution in [-0.2, 0) is 21.4 Å². The highest BCUT2D eigenvalue weighted by Crippen LogP contribution is 2.17. The van der Waals surface area contributed by atoms with Gasteiger partial charge in [-0.1, -0.05) is 22.7 Å². The third-order valence-electron chi connectivity index (χ3n) is 3.80. The number of hydroxylamine groups is 1. The van der Waals surface area contributed by atoms with Crippen molar-refractivity contribution in [1.82, 2.24) is 9.37 Å². The van der Waals surface area contributed by atoms with Gasteiger partial charge in [-0.2, -0.15) is 5.26 Å². The van der Waals surface area contributed by atoms with Crippen molar-refractivity contribution in [1.29, 1.82) is 5.26 Å². The van der Waals surface area contributed by atoms with Crippen LogP contribution in [0.25, 0.3) is 0 Å². The van der Waals surface area contributed by atoms with E-state index in [-0.39, 0.29) is 16.4 Å². The first-order valence-corrected chi connectivity index (χ1v) is 9.11. The number of sulfonamides is 1. The third-order valence-corrected chi connectivity index (χ3v) is 5.47. The SMILES string of the molecule is CON(C)S(=O)(=O)c1cccc(C(=O)N(C)Cc2cccc(C#N)c2)c1. The molecule has 7 nitrogen and oxygen atoms in total. The maximum atomic E-state index is 12.6. The molecule has 136 valence electrons. The first kappa shape index (κ1) is 19.6. The van der Waals surface area contributed by atoms with Gasteiger partial charge in [0.05, 0.1) is 23.6 Å². The van der Waals surface area contributed by atoms with Gasteiger partial charge in [0.25, 0.3) is 15.9 Å². The molecule has 0 aliphatic carbocycles. The predicted octanol–water partition coefficient (Wildman–Crippen LogP) is 2.01. The molecule has 0 unspecified atom stereocenters. The van der Waals surface area contributed by atoms with Crippen LogP contribution in [-0.4, -0.2) is 44.9 Å². The summed E-state index contributed by atoms with van der Waals surface area (Å²) < 4.78 is 25.4. The number of rotatable bonds is 6. The fourth-order valence-corrected chi connectivity index (χ4v) is 3.36. The topological polar surface area (TPSA) is 90.7 Å². The van der Waals surface area contributed by atoms with Gasteiger partial charge in [-0.05, 0) is 35.9 Å². The van der Waals surface area contributed by atoms with E-state index in [1.807, 2.05) is 6.07 Å². The molecule has 1 amide bonds. The number of benzene rings is 2. The third kappa shape index (κ3) is 4.26. The van der Waals surface area contributed by atoms with Crippen molar-refractivity contribution < 1.29 is 18.0 Å². The van der Waals surface area contributed by atoms with E-state index in [9.17, 15) is 13.2 Å². The molecule has 0 radical (unpaired) electrons. The van der Waals surface area contributed by atoms with Crippen LogP contribution >= 0.6 is 0 Å². The Morgan fingerprint density at radius 2 is 1.85 bits per heavy atom. The van der Waals surface area contributed by atoms with E-state index < -0.39 is 10.0 Å². The lowest BCUT2D eigenvalue weighted by Crippen LogP contribution is -2.28. The highest BCUT2D eigenvalue weighted by atomic mass is 32.2. The van der Waals surface area contributed by atoms with E-state index in [1.165, 1.54) is 37.3 Å². The molecule has 0 N–H and O–H groups in total. The van der Waals surface area contributed by atoms with Gasteiger partial charge in [0, 0.05) is 26.2 Å². The molecule has 0 bridgehead atoms. The first-order valence-electron chi connectivity index (χ1n) is 7.67. The van der Waals surface area contributed by atoms with Gasteiger partial charge in [0.2, 0.25) is 0 Å². The number of nitriles is 1. The summed E-state index contributed by atoms with van der Waals surface area (Å²) in [4.78, 5) is 18.8. The minimum atomic E-state index is -3.83. The monoisotopic (exact) mass is 373 g/mol. The summed E-state index contributed by atoms with van der Waals surface area (Å²) in [5.41, 5.74) is 1.57. The van der Waals surface area contributed by atoms with Gasteiger partial charge < -0.3 is 4.90 Å². The van der Waals surface area contributed by atoms with Gasteiger partial charge >= 0.3 is 0 Å². The summed E-state index contributed by atoms with van der Waals surface area (Å²) in [5.74, 6) is -0.329. The summed E-state index contributed by atoms with van der Waals surface area (Å²) >= 11 is 0. The molecule has 2 aromatic rings. The molecule has 2 rings (SSSR count). The van der Waals surface area contributed by atoms with Crippen molar-refractivity contribution in [3.05, 3.63) is 65.2 Å². The van der Waals surface area contributed by atoms with E-state index in [2.05, 4.69) is 6.07 Å². The fourth-order valence-electron chi connectivity index (χ4n) is 2.34. The van der Waals surface area contributed by atoms with E-state index in [1.54, 1.807) is 31.3 Å². The minimum absolute atomic E-state index is 0.0347. The van der Waals surface area contributed by atoms with Crippen LogP contribution in [0.5, 0.6) is 0 Å². The molecule has 0 fully saturated rings. The van der Waals surface area contributed by atoms with Crippen LogP contribution in [0.15, 0.2) is 53.4 Å². The van der Waals surface area contributed by atoms with Gasteiger partial charge in [0.1, 0.15) is 0 Å². The minimum Gasteiger partial charge on any atom is -0.337 e. The van der Waals surface area contributed by atoms with Gasteiger partial charge in [-0.25, -0.2) is 8.42 Å². The van der Waals surface area contributed by atoms with Gasteiger partial charge in [0.15, 0.2) is 0 Å². The molecule has 0 atom stereocenters. The Hall–Kier alpha value is -2.73. The molecular formula is C18H19N3O4S. The smallest absolute Gasteiger partial charge is 0.264 e. The van der Waals surface area contributed by atoms with E-state index >= 15 is 0 Å². The highest BCUT2D eigenvalue weighted by molar-refractivity contribution is 7.89. The lowest BCUT2D eigenvalue weighted by Gasteiger charge is -2.19. The van der Waals surface area contributed by atoms with E-state index in [0.717, 1.165) is 10.0 Å². The first-order chi connectivity index (χ1) is 12.3. The van der Waals surface area contributed by atoms with Crippen LogP contribution in [0.1, 0.15) is 21.5 Å². The van der Waals surface area contributed by atoms with Crippen molar-refractivity contribution in [2.75, 3.05) is 21.2 Å². The largest absolute Gasteiger partial charge is 0.337 e. The second kappa shape index (κ2) is 8.10. The zero-order valence-corrected chi connectivity index (χ0v) is 15.5. The van der Waals surface area contributed by atoms with Crippen molar-refractivity contribution in [3.8, 4) is 6.07 Å². The van der Waals surface area contributed by atoms with Crippen LogP contribution in [0.4, 0.5) is 0 Å². The van der Waals surface area contributed by atoms with Crippen molar-refractivity contribution >= 4 is 15.9 Å². The van der Waals surface area contributed by atoms with E-state index in [4.69, 9.17) is 10.1 Å². The zero-order valence-electron chi connectivity index (χ0n) is 14.7. The number of nitrogens with zero attached hydrogens (tertiary/aromatic N) is 3. The van der Waals surface area contributed by atoms with Crippen molar-refractivity contribution in [3.63, 3.8) is 0 Å².